The van der Waals surface area contributed by atoms with Crippen molar-refractivity contribution in [2.45, 2.75) is 26.3 Å². The number of piperidine rings is 1. The lowest BCUT2D eigenvalue weighted by atomic mass is 9.78. The molecule has 1 aliphatic heterocycles. The van der Waals surface area contributed by atoms with E-state index in [0.717, 1.165) is 6.20 Å². The number of aromatic nitrogens is 2. The van der Waals surface area contributed by atoms with Crippen LogP contribution >= 0.6 is 12.2 Å². The molecular formula is C14H19F2N5O3S. The van der Waals surface area contributed by atoms with Gasteiger partial charge in [-0.15, -0.1) is 0 Å². The number of esters is 1. The standard InChI is InChI=1S/C14H19F2N5O3S/c1-8-9(7-21(19-8)12(15)16)18-13(23)20-5-3-14(4-6-20,10(17)25)11(22)24-2/h7,12H,3-6H2,1-2H3,(H2,17,25)(H,18,23). The summed E-state index contributed by atoms with van der Waals surface area (Å²) in [5, 5.41) is 6.17. The number of carbonyl (C=O) groups excluding carboxylic acids is 2. The third kappa shape index (κ3) is 3.70. The van der Waals surface area contributed by atoms with E-state index in [4.69, 9.17) is 22.7 Å². The Balaban J connectivity index is 2.04. The van der Waals surface area contributed by atoms with Crippen LogP contribution in [0.3, 0.4) is 0 Å². The van der Waals surface area contributed by atoms with Crippen LogP contribution in [0.15, 0.2) is 6.20 Å². The molecule has 0 radical (unpaired) electrons. The summed E-state index contributed by atoms with van der Waals surface area (Å²) in [5.74, 6) is -0.519. The van der Waals surface area contributed by atoms with Gasteiger partial charge < -0.3 is 20.7 Å². The van der Waals surface area contributed by atoms with Gasteiger partial charge in [0.1, 0.15) is 5.41 Å². The van der Waals surface area contributed by atoms with Gasteiger partial charge in [-0.05, 0) is 19.8 Å². The zero-order valence-corrected chi connectivity index (χ0v) is 14.6. The van der Waals surface area contributed by atoms with Crippen LogP contribution < -0.4 is 11.1 Å². The largest absolute Gasteiger partial charge is 0.468 e. The fourth-order valence-corrected chi connectivity index (χ4v) is 3.02. The lowest BCUT2D eigenvalue weighted by Gasteiger charge is -2.38. The molecule has 8 nitrogen and oxygen atoms in total. The van der Waals surface area contributed by atoms with Gasteiger partial charge in [-0.25, -0.2) is 9.48 Å². The zero-order valence-electron chi connectivity index (χ0n) is 13.8. The van der Waals surface area contributed by atoms with Crippen molar-refractivity contribution in [1.82, 2.24) is 14.7 Å². The number of ether oxygens (including phenoxy) is 1. The molecule has 2 rings (SSSR count). The van der Waals surface area contributed by atoms with Crippen molar-refractivity contribution < 1.29 is 23.1 Å². The number of anilines is 1. The lowest BCUT2D eigenvalue weighted by Crippen LogP contribution is -2.53. The molecule has 1 aromatic heterocycles. The van der Waals surface area contributed by atoms with Gasteiger partial charge in [-0.3, -0.25) is 4.79 Å². The number of hydrogen-bond acceptors (Lipinski definition) is 5. The predicted octanol–water partition coefficient (Wildman–Crippen LogP) is 1.66. The van der Waals surface area contributed by atoms with Gasteiger partial charge in [0.25, 0.3) is 0 Å². The fraction of sp³-hybridized carbons (Fsp3) is 0.571. The highest BCUT2D eigenvalue weighted by atomic mass is 32.1. The van der Waals surface area contributed by atoms with E-state index in [-0.39, 0.29) is 42.3 Å². The lowest BCUT2D eigenvalue weighted by molar-refractivity contribution is -0.150. The maximum Gasteiger partial charge on any atom is 0.333 e. The van der Waals surface area contributed by atoms with E-state index in [2.05, 4.69) is 10.4 Å². The molecular weight excluding hydrogens is 356 g/mol. The van der Waals surface area contributed by atoms with Crippen LogP contribution in [-0.2, 0) is 9.53 Å². The SMILES string of the molecule is COC(=O)C1(C(N)=S)CCN(C(=O)Nc2cn(C(F)F)nc2C)CC1. The number of amides is 2. The van der Waals surface area contributed by atoms with Gasteiger partial charge in [0.05, 0.1) is 29.7 Å². The molecule has 11 heteroatoms. The van der Waals surface area contributed by atoms with Gasteiger partial charge in [0, 0.05) is 13.1 Å². The molecule has 0 unspecified atom stereocenters. The Morgan fingerprint density at radius 1 is 1.44 bits per heavy atom. The number of hydrogen-bond donors (Lipinski definition) is 2. The van der Waals surface area contributed by atoms with Crippen molar-refractivity contribution >= 4 is 34.9 Å². The van der Waals surface area contributed by atoms with Crippen molar-refractivity contribution in [3.8, 4) is 0 Å². The zero-order chi connectivity index (χ0) is 18.8. The minimum absolute atomic E-state index is 0.0356. The molecule has 0 spiro atoms. The third-order valence-corrected chi connectivity index (χ3v) is 4.70. The Labute approximate surface area is 148 Å². The van der Waals surface area contributed by atoms with E-state index in [0.29, 0.717) is 4.68 Å². The number of carbonyl (C=O) groups is 2. The number of aryl methyl sites for hydroxylation is 1. The summed E-state index contributed by atoms with van der Waals surface area (Å²) in [6, 6.07) is -0.474. The molecule has 0 aromatic carbocycles. The first kappa shape index (κ1) is 19.0. The van der Waals surface area contributed by atoms with Gasteiger partial charge in [0.15, 0.2) is 0 Å². The number of nitrogens with zero attached hydrogens (tertiary/aromatic N) is 3. The number of halogens is 2. The monoisotopic (exact) mass is 375 g/mol. The van der Waals surface area contributed by atoms with Crippen LogP contribution in [0.1, 0.15) is 25.1 Å². The van der Waals surface area contributed by atoms with Crippen LogP contribution in [0.4, 0.5) is 19.3 Å². The quantitative estimate of drug-likeness (QED) is 0.613. The minimum atomic E-state index is -2.79. The molecule has 0 atom stereocenters. The Bertz CT molecular complexity index is 686. The number of methoxy groups -OCH3 is 1. The second-order valence-corrected chi connectivity index (χ2v) is 6.18. The molecule has 3 N–H and O–H groups in total. The average molecular weight is 375 g/mol. The normalized spacial score (nSPS) is 16.6. The van der Waals surface area contributed by atoms with Gasteiger partial charge in [-0.2, -0.15) is 13.9 Å². The summed E-state index contributed by atoms with van der Waals surface area (Å²) < 4.78 is 30.5. The molecule has 1 saturated heterocycles. The van der Waals surface area contributed by atoms with Crippen molar-refractivity contribution in [2.24, 2.45) is 11.1 Å². The van der Waals surface area contributed by atoms with Crippen molar-refractivity contribution in [3.05, 3.63) is 11.9 Å². The second kappa shape index (κ2) is 7.30. The minimum Gasteiger partial charge on any atom is -0.468 e. The van der Waals surface area contributed by atoms with Gasteiger partial charge >= 0.3 is 18.5 Å². The summed E-state index contributed by atoms with van der Waals surface area (Å²) in [6.45, 7) is -0.828. The summed E-state index contributed by atoms with van der Waals surface area (Å²) in [7, 11) is 1.25. The highest BCUT2D eigenvalue weighted by Crippen LogP contribution is 2.33. The van der Waals surface area contributed by atoms with Gasteiger partial charge in [0.2, 0.25) is 0 Å². The van der Waals surface area contributed by atoms with E-state index in [1.165, 1.54) is 18.9 Å². The van der Waals surface area contributed by atoms with Crippen molar-refractivity contribution in [1.29, 1.82) is 0 Å². The molecule has 1 aliphatic rings. The molecule has 138 valence electrons. The molecule has 1 aromatic rings. The van der Waals surface area contributed by atoms with E-state index >= 15 is 0 Å². The van der Waals surface area contributed by atoms with E-state index in [9.17, 15) is 18.4 Å². The summed E-state index contributed by atoms with van der Waals surface area (Å²) in [6.07, 6.45) is 1.53. The molecule has 2 heterocycles. The molecule has 0 bridgehead atoms. The van der Waals surface area contributed by atoms with Crippen LogP contribution in [0.2, 0.25) is 0 Å². The molecule has 0 aliphatic carbocycles. The first-order valence-electron chi connectivity index (χ1n) is 7.49. The number of rotatable bonds is 4. The smallest absolute Gasteiger partial charge is 0.333 e. The van der Waals surface area contributed by atoms with Crippen LogP contribution in [0.25, 0.3) is 0 Å². The van der Waals surface area contributed by atoms with Crippen molar-refractivity contribution in [3.63, 3.8) is 0 Å². The van der Waals surface area contributed by atoms with E-state index < -0.39 is 24.0 Å². The Morgan fingerprint density at radius 2 is 2.04 bits per heavy atom. The Morgan fingerprint density at radius 3 is 2.48 bits per heavy atom. The van der Waals surface area contributed by atoms with Gasteiger partial charge in [-0.1, -0.05) is 12.2 Å². The number of alkyl halides is 2. The topological polar surface area (TPSA) is 102 Å². The third-order valence-electron chi connectivity index (χ3n) is 4.31. The maximum atomic E-state index is 12.6. The number of urea groups is 1. The summed E-state index contributed by atoms with van der Waals surface area (Å²) in [5.41, 5.74) is 5.09. The van der Waals surface area contributed by atoms with E-state index in [1.54, 1.807) is 0 Å². The number of nitrogens with one attached hydrogen (secondary N) is 1. The number of nitrogens with two attached hydrogens (primary N) is 1. The fourth-order valence-electron chi connectivity index (χ4n) is 2.74. The highest BCUT2D eigenvalue weighted by Gasteiger charge is 2.46. The van der Waals surface area contributed by atoms with E-state index in [1.807, 2.05) is 0 Å². The number of thiocarbonyl (C=S) groups is 1. The number of likely N-dealkylation sites (tertiary alicyclic amines) is 1. The molecule has 0 saturated carbocycles. The Hall–Kier alpha value is -2.30. The first-order valence-corrected chi connectivity index (χ1v) is 7.90. The maximum absolute atomic E-state index is 12.6. The average Bonchev–Trinajstić information content (AvgIpc) is 2.95. The van der Waals surface area contributed by atoms with Crippen LogP contribution in [-0.4, -0.2) is 51.9 Å². The molecule has 1 fully saturated rings. The highest BCUT2D eigenvalue weighted by molar-refractivity contribution is 7.80. The summed E-state index contributed by atoms with van der Waals surface area (Å²) in [4.78, 5) is 25.8. The summed E-state index contributed by atoms with van der Waals surface area (Å²) >= 11 is 5.00. The molecule has 25 heavy (non-hydrogen) atoms. The second-order valence-electron chi connectivity index (χ2n) is 5.74. The van der Waals surface area contributed by atoms with Crippen LogP contribution in [0, 0.1) is 12.3 Å². The first-order chi connectivity index (χ1) is 11.7. The van der Waals surface area contributed by atoms with Crippen molar-refractivity contribution in [2.75, 3.05) is 25.5 Å². The Kier molecular flexibility index (Phi) is 5.55. The molecule has 2 amide bonds. The predicted molar refractivity (Wildman–Crippen MR) is 89.3 cm³/mol. The van der Waals surface area contributed by atoms with Crippen LogP contribution in [0.5, 0.6) is 0 Å².